The number of hydrogen-bond acceptors (Lipinski definition) is 17. The number of aryl methyl sites for hydroxylation is 2. The van der Waals surface area contributed by atoms with Gasteiger partial charge >= 0.3 is 0 Å². The summed E-state index contributed by atoms with van der Waals surface area (Å²) in [6.07, 6.45) is 1.43. The van der Waals surface area contributed by atoms with Crippen LogP contribution in [0, 0.1) is 0 Å². The maximum absolute atomic E-state index is 8.67. The lowest BCUT2D eigenvalue weighted by molar-refractivity contribution is -0.0147. The highest BCUT2D eigenvalue weighted by Crippen LogP contribution is 2.38. The minimum absolute atomic E-state index is 0.00834. The monoisotopic (exact) mass is 832 g/mol. The second-order valence-corrected chi connectivity index (χ2v) is 12.1. The van der Waals surface area contributed by atoms with Gasteiger partial charge in [0.1, 0.15) is 24.7 Å². The molecule has 0 radical (unpaired) electrons. The van der Waals surface area contributed by atoms with Gasteiger partial charge < -0.3 is 81.3 Å². The highest BCUT2D eigenvalue weighted by Gasteiger charge is 2.14. The van der Waals surface area contributed by atoms with Crippen molar-refractivity contribution in [2.24, 2.45) is 0 Å². The van der Waals surface area contributed by atoms with Gasteiger partial charge in [0.05, 0.1) is 167 Å². The normalized spacial score (nSPS) is 11.3. The van der Waals surface area contributed by atoms with Crippen molar-refractivity contribution in [2.75, 3.05) is 180 Å². The van der Waals surface area contributed by atoms with E-state index < -0.39 is 0 Å². The first-order valence-corrected chi connectivity index (χ1v) is 19.8. The molecule has 0 bridgehead atoms. The third-order valence-corrected chi connectivity index (χ3v) is 7.81. The number of rotatable bonds is 42. The molecule has 0 aromatic heterocycles. The second-order valence-electron chi connectivity index (χ2n) is 12.1. The molecular formula is C41H68O17. The van der Waals surface area contributed by atoms with Crippen LogP contribution < -0.4 is 23.7 Å². The number of aliphatic hydroxyl groups excluding tert-OH is 2. The van der Waals surface area contributed by atoms with Crippen LogP contribution in [0.25, 0.3) is 0 Å². The fraction of sp³-hybridized carbons (Fsp3) is 0.707. The Morgan fingerprint density at radius 1 is 0.328 bits per heavy atom. The molecule has 2 aromatic carbocycles. The van der Waals surface area contributed by atoms with Gasteiger partial charge in [-0.05, 0) is 48.2 Å². The largest absolute Gasteiger partial charge is 0.493 e. The van der Waals surface area contributed by atoms with Crippen molar-refractivity contribution in [3.8, 4) is 28.7 Å². The van der Waals surface area contributed by atoms with Crippen LogP contribution in [0.4, 0.5) is 0 Å². The quantitative estimate of drug-likeness (QED) is 0.0932. The molecule has 0 fully saturated rings. The SMILES string of the molecule is COc1cc(CCc2cc(OCCOCCOCCOCCOCCOCCO)cc(OCCOCCOCCOCCOCCOCCO)c2)cc(OC)c1OC. The van der Waals surface area contributed by atoms with Crippen molar-refractivity contribution in [3.05, 3.63) is 41.5 Å². The third-order valence-electron chi connectivity index (χ3n) is 7.81. The van der Waals surface area contributed by atoms with E-state index in [1.807, 2.05) is 30.3 Å². The van der Waals surface area contributed by atoms with E-state index in [1.165, 1.54) is 0 Å². The average Bonchev–Trinajstić information content (AvgIpc) is 3.24. The molecule has 0 aliphatic rings. The van der Waals surface area contributed by atoms with Gasteiger partial charge in [0.15, 0.2) is 11.5 Å². The Kier molecular flexibility index (Phi) is 32.6. The van der Waals surface area contributed by atoms with Gasteiger partial charge in [-0.15, -0.1) is 0 Å². The first-order chi connectivity index (χ1) is 28.6. The van der Waals surface area contributed by atoms with E-state index in [0.29, 0.717) is 187 Å². The summed E-state index contributed by atoms with van der Waals surface area (Å²) in [5, 5.41) is 17.3. The first kappa shape index (κ1) is 51.1. The zero-order valence-corrected chi connectivity index (χ0v) is 34.8. The number of benzene rings is 2. The smallest absolute Gasteiger partial charge is 0.203 e. The molecule has 0 spiro atoms. The minimum atomic E-state index is 0.00834. The molecule has 58 heavy (non-hydrogen) atoms. The maximum Gasteiger partial charge on any atom is 0.203 e. The molecule has 0 heterocycles. The molecule has 0 saturated heterocycles. The van der Waals surface area contributed by atoms with E-state index in [4.69, 9.17) is 81.3 Å². The van der Waals surface area contributed by atoms with Crippen molar-refractivity contribution < 1.29 is 81.3 Å². The molecule has 0 saturated carbocycles. The number of ether oxygens (including phenoxy) is 15. The molecular weight excluding hydrogens is 764 g/mol. The molecule has 2 rings (SSSR count). The molecule has 334 valence electrons. The summed E-state index contributed by atoms with van der Waals surface area (Å²) in [5.41, 5.74) is 2.07. The molecule has 0 atom stereocenters. The van der Waals surface area contributed by atoms with Gasteiger partial charge in [0, 0.05) is 6.07 Å². The molecule has 0 unspecified atom stereocenters. The van der Waals surface area contributed by atoms with Crippen molar-refractivity contribution >= 4 is 0 Å². The number of aliphatic hydroxyl groups is 2. The molecule has 0 amide bonds. The maximum atomic E-state index is 8.67. The van der Waals surface area contributed by atoms with Crippen LogP contribution in [-0.2, 0) is 60.2 Å². The zero-order valence-electron chi connectivity index (χ0n) is 34.8. The van der Waals surface area contributed by atoms with Gasteiger partial charge in [-0.25, -0.2) is 0 Å². The van der Waals surface area contributed by atoms with Crippen LogP contribution in [-0.4, -0.2) is 190 Å². The van der Waals surface area contributed by atoms with Crippen LogP contribution in [0.5, 0.6) is 28.7 Å². The zero-order chi connectivity index (χ0) is 41.6. The topological polar surface area (TPSA) is 179 Å². The van der Waals surface area contributed by atoms with Gasteiger partial charge in [-0.1, -0.05) is 0 Å². The van der Waals surface area contributed by atoms with Crippen LogP contribution in [0.15, 0.2) is 30.3 Å². The molecule has 2 N–H and O–H groups in total. The number of methoxy groups -OCH3 is 3. The Balaban J connectivity index is 1.70. The lowest BCUT2D eigenvalue weighted by atomic mass is 10.0. The molecule has 2 aromatic rings. The van der Waals surface area contributed by atoms with Gasteiger partial charge in [-0.2, -0.15) is 0 Å². The third kappa shape index (κ3) is 26.1. The summed E-state index contributed by atoms with van der Waals surface area (Å²) in [6, 6.07) is 9.78. The van der Waals surface area contributed by atoms with Crippen molar-refractivity contribution in [1.82, 2.24) is 0 Å². The molecule has 0 aliphatic heterocycles. The van der Waals surface area contributed by atoms with Gasteiger partial charge in [-0.3, -0.25) is 0 Å². The van der Waals surface area contributed by atoms with Crippen molar-refractivity contribution in [3.63, 3.8) is 0 Å². The van der Waals surface area contributed by atoms with E-state index in [1.54, 1.807) is 21.3 Å². The molecule has 17 nitrogen and oxygen atoms in total. The fourth-order valence-electron chi connectivity index (χ4n) is 5.04. The fourth-order valence-corrected chi connectivity index (χ4v) is 5.04. The predicted octanol–water partition coefficient (Wildman–Crippen LogP) is 2.41. The Morgan fingerprint density at radius 3 is 0.879 bits per heavy atom. The van der Waals surface area contributed by atoms with Crippen LogP contribution in [0.3, 0.4) is 0 Å². The summed E-state index contributed by atoms with van der Waals surface area (Å²) in [4.78, 5) is 0. The summed E-state index contributed by atoms with van der Waals surface area (Å²) in [5.74, 6) is 3.11. The highest BCUT2D eigenvalue weighted by atomic mass is 16.6. The van der Waals surface area contributed by atoms with E-state index in [9.17, 15) is 0 Å². The summed E-state index contributed by atoms with van der Waals surface area (Å²) >= 11 is 0. The Morgan fingerprint density at radius 2 is 0.603 bits per heavy atom. The van der Waals surface area contributed by atoms with Gasteiger partial charge in [0.2, 0.25) is 5.75 Å². The van der Waals surface area contributed by atoms with E-state index >= 15 is 0 Å². The van der Waals surface area contributed by atoms with Crippen molar-refractivity contribution in [2.45, 2.75) is 12.8 Å². The van der Waals surface area contributed by atoms with Crippen molar-refractivity contribution in [1.29, 1.82) is 0 Å². The summed E-state index contributed by atoms with van der Waals surface area (Å²) in [7, 11) is 4.79. The lowest BCUT2D eigenvalue weighted by Crippen LogP contribution is -2.15. The van der Waals surface area contributed by atoms with Crippen LogP contribution >= 0.6 is 0 Å². The van der Waals surface area contributed by atoms with E-state index in [2.05, 4.69) is 0 Å². The van der Waals surface area contributed by atoms with Gasteiger partial charge in [0.25, 0.3) is 0 Å². The summed E-state index contributed by atoms with van der Waals surface area (Å²) < 4.78 is 83.2. The first-order valence-electron chi connectivity index (χ1n) is 19.8. The Labute approximate surface area is 343 Å². The average molecular weight is 833 g/mol. The standard InChI is InChI=1S/C41H68O17/c1-44-39-32-36(33-40(45-2)41(39)46-3)5-4-35-30-37(57-28-26-55-24-22-53-20-18-51-16-14-49-12-10-47-8-6-42)34-38(31-35)58-29-27-56-25-23-54-21-19-52-17-15-50-13-11-48-9-7-43/h30-34,42-43H,4-29H2,1-3H3. The minimum Gasteiger partial charge on any atom is -0.493 e. The van der Waals surface area contributed by atoms with E-state index in [0.717, 1.165) is 11.1 Å². The van der Waals surface area contributed by atoms with Crippen LogP contribution in [0.2, 0.25) is 0 Å². The highest BCUT2D eigenvalue weighted by molar-refractivity contribution is 5.54. The lowest BCUT2D eigenvalue weighted by Gasteiger charge is -2.15. The predicted molar refractivity (Wildman–Crippen MR) is 213 cm³/mol. The number of hydrogen-bond donors (Lipinski definition) is 2. The van der Waals surface area contributed by atoms with E-state index in [-0.39, 0.29) is 13.2 Å². The Hall–Kier alpha value is -3.04. The molecule has 0 aliphatic carbocycles. The molecule has 17 heteroatoms. The van der Waals surface area contributed by atoms with Crippen LogP contribution in [0.1, 0.15) is 11.1 Å². The Bertz CT molecular complexity index is 1160. The summed E-state index contributed by atoms with van der Waals surface area (Å²) in [6.45, 7) is 9.48. The second kappa shape index (κ2) is 37.0.